The molecule has 0 bridgehead atoms. The van der Waals surface area contributed by atoms with E-state index in [0.29, 0.717) is 5.89 Å². The Labute approximate surface area is 141 Å². The summed E-state index contributed by atoms with van der Waals surface area (Å²) >= 11 is 0. The Morgan fingerprint density at radius 3 is 2.53 bits per heavy atom. The van der Waals surface area contributed by atoms with E-state index in [4.69, 9.17) is 4.42 Å². The zero-order valence-electron chi connectivity index (χ0n) is 9.64. The van der Waals surface area contributed by atoms with Crippen molar-refractivity contribution in [3.05, 3.63) is 35.7 Å². The third-order valence-electron chi connectivity index (χ3n) is 2.06. The molecule has 0 atom stereocenters. The molecule has 0 aliphatic rings. The summed E-state index contributed by atoms with van der Waals surface area (Å²) in [5.74, 6) is -0.870. The Bertz CT molecular complexity index is 508. The molecule has 82 valence electrons. The number of carboxylic acid groups (broad SMARTS) is 1. The molecule has 0 aliphatic carbocycles. The van der Waals surface area contributed by atoms with Gasteiger partial charge in [0.25, 0.3) is 0 Å². The van der Waals surface area contributed by atoms with E-state index in [1.807, 2.05) is 31.2 Å². The van der Waals surface area contributed by atoms with E-state index in [1.165, 1.54) is 0 Å². The number of aryl methyl sites for hydroxylation is 1. The number of hydrogen-bond donors (Lipinski definition) is 0. The third-order valence-corrected chi connectivity index (χ3v) is 2.06. The maximum absolute atomic E-state index is 10.3. The maximum atomic E-state index is 10.3. The van der Waals surface area contributed by atoms with E-state index in [1.54, 1.807) is 0 Å². The Balaban J connectivity index is 0.00000144. The van der Waals surface area contributed by atoms with Gasteiger partial charge in [0.05, 0.1) is 12.4 Å². The summed E-state index contributed by atoms with van der Waals surface area (Å²) in [4.78, 5) is 10.3. The van der Waals surface area contributed by atoms with Gasteiger partial charge in [-0.25, -0.2) is 0 Å². The minimum Gasteiger partial charge on any atom is -0.550 e. The predicted molar refractivity (Wildman–Crippen MR) is 53.2 cm³/mol. The summed E-state index contributed by atoms with van der Waals surface area (Å²) in [5, 5.41) is 17.7. The van der Waals surface area contributed by atoms with Crippen LogP contribution in [0.5, 0.6) is 0 Å². The summed E-state index contributed by atoms with van der Waals surface area (Å²) in [5.41, 5.74) is 1.89. The molecule has 6 heteroatoms. The molecular weight excluding hydrogens is 247 g/mol. The quantitative estimate of drug-likeness (QED) is 0.560. The zero-order chi connectivity index (χ0) is 11.5. The zero-order valence-corrected chi connectivity index (χ0v) is 12.8. The van der Waals surface area contributed by atoms with Crippen LogP contribution in [-0.4, -0.2) is 16.2 Å². The molecule has 0 saturated heterocycles. The molecule has 0 radical (unpaired) electrons. The van der Waals surface area contributed by atoms with Gasteiger partial charge in [0.15, 0.2) is 0 Å². The molecule has 17 heavy (non-hydrogen) atoms. The first-order chi connectivity index (χ1) is 7.65. The Morgan fingerprint density at radius 2 is 1.94 bits per heavy atom. The third kappa shape index (κ3) is 4.00. The molecule has 0 fully saturated rings. The van der Waals surface area contributed by atoms with Crippen LogP contribution in [0.3, 0.4) is 0 Å². The van der Waals surface area contributed by atoms with Crippen molar-refractivity contribution < 1.29 is 65.7 Å². The summed E-state index contributed by atoms with van der Waals surface area (Å²) in [6, 6.07) is 7.51. The van der Waals surface area contributed by atoms with Crippen molar-refractivity contribution in [3.8, 4) is 11.5 Å². The van der Waals surface area contributed by atoms with E-state index in [9.17, 15) is 9.90 Å². The van der Waals surface area contributed by atoms with Crippen LogP contribution in [0.25, 0.3) is 11.5 Å². The molecule has 2 aromatic rings. The molecule has 5 nitrogen and oxygen atoms in total. The number of rotatable bonds is 3. The monoisotopic (exact) mass is 256 g/mol. The number of benzene rings is 1. The van der Waals surface area contributed by atoms with E-state index < -0.39 is 5.97 Å². The smallest absolute Gasteiger partial charge is 0.550 e. The molecule has 1 heterocycles. The minimum atomic E-state index is -1.24. The van der Waals surface area contributed by atoms with Crippen LogP contribution in [0.1, 0.15) is 11.5 Å². The molecule has 1 aromatic carbocycles. The number of nitrogens with zero attached hydrogens (tertiary/aromatic N) is 2. The van der Waals surface area contributed by atoms with Gasteiger partial charge in [-0.15, -0.1) is 10.2 Å². The summed E-state index contributed by atoms with van der Waals surface area (Å²) in [6.45, 7) is 1.97. The van der Waals surface area contributed by atoms with Crippen LogP contribution in [0, 0.1) is 6.92 Å². The number of carbonyl (C=O) groups excluding carboxylic acids is 1. The number of aliphatic carboxylic acids is 1. The van der Waals surface area contributed by atoms with Gasteiger partial charge in [-0.3, -0.25) is 0 Å². The van der Waals surface area contributed by atoms with Gasteiger partial charge >= 0.3 is 51.4 Å². The predicted octanol–water partition coefficient (Wildman–Crippen LogP) is -2.66. The summed E-state index contributed by atoms with van der Waals surface area (Å²) in [7, 11) is 0. The van der Waals surface area contributed by atoms with Crippen LogP contribution >= 0.6 is 0 Å². The molecule has 0 amide bonds. The first kappa shape index (κ1) is 14.5. The molecular formula is C11H9KN2O3. The van der Waals surface area contributed by atoms with Crippen LogP contribution < -0.4 is 56.5 Å². The Morgan fingerprint density at radius 1 is 1.29 bits per heavy atom. The normalized spacial score (nSPS) is 9.71. The van der Waals surface area contributed by atoms with Crippen LogP contribution in [0.4, 0.5) is 0 Å². The van der Waals surface area contributed by atoms with Crippen LogP contribution in [0.15, 0.2) is 28.7 Å². The number of aromatic nitrogens is 2. The van der Waals surface area contributed by atoms with Gasteiger partial charge in [-0.1, -0.05) is 17.7 Å². The van der Waals surface area contributed by atoms with E-state index >= 15 is 0 Å². The second-order valence-electron chi connectivity index (χ2n) is 3.42. The fourth-order valence-electron chi connectivity index (χ4n) is 1.26. The molecule has 0 unspecified atom stereocenters. The average molecular weight is 256 g/mol. The van der Waals surface area contributed by atoms with Gasteiger partial charge in [-0.2, -0.15) is 0 Å². The Hall–Kier alpha value is -0.534. The molecule has 1 aromatic heterocycles. The fourth-order valence-corrected chi connectivity index (χ4v) is 1.26. The van der Waals surface area contributed by atoms with Gasteiger partial charge in [0.2, 0.25) is 11.8 Å². The van der Waals surface area contributed by atoms with E-state index in [0.717, 1.165) is 11.1 Å². The first-order valence-electron chi connectivity index (χ1n) is 4.74. The molecule has 0 N–H and O–H groups in total. The first-order valence-corrected chi connectivity index (χ1v) is 4.74. The molecule has 0 aliphatic heterocycles. The Kier molecular flexibility index (Phi) is 5.48. The molecule has 0 spiro atoms. The van der Waals surface area contributed by atoms with Crippen molar-refractivity contribution in [2.45, 2.75) is 13.3 Å². The van der Waals surface area contributed by atoms with Gasteiger partial charge in [-0.05, 0) is 19.1 Å². The van der Waals surface area contributed by atoms with Crippen molar-refractivity contribution in [3.63, 3.8) is 0 Å². The second kappa shape index (κ2) is 6.41. The van der Waals surface area contributed by atoms with Crippen LogP contribution in [0.2, 0.25) is 0 Å². The van der Waals surface area contributed by atoms with E-state index in [-0.39, 0.29) is 63.7 Å². The largest absolute Gasteiger partial charge is 1.00 e. The summed E-state index contributed by atoms with van der Waals surface area (Å²) in [6.07, 6.45) is -0.362. The average Bonchev–Trinajstić information content (AvgIpc) is 2.66. The second-order valence-corrected chi connectivity index (χ2v) is 3.42. The number of carboxylic acids is 1. The van der Waals surface area contributed by atoms with Crippen molar-refractivity contribution in [1.29, 1.82) is 0 Å². The van der Waals surface area contributed by atoms with Gasteiger partial charge in [0, 0.05) is 5.56 Å². The maximum Gasteiger partial charge on any atom is 1.00 e. The standard InChI is InChI=1S/C11H10N2O3.K/c1-7-2-4-8(5-3-7)11-13-12-9(16-11)6-10(14)15;/h2-5H,6H2,1H3,(H,14,15);/q;+1/p-1. The van der Waals surface area contributed by atoms with Crippen molar-refractivity contribution in [1.82, 2.24) is 10.2 Å². The van der Waals surface area contributed by atoms with Crippen LogP contribution in [-0.2, 0) is 11.2 Å². The topological polar surface area (TPSA) is 79.0 Å². The fraction of sp³-hybridized carbons (Fsp3) is 0.182. The SMILES string of the molecule is Cc1ccc(-c2nnc(CC(=O)[O-])o2)cc1.[K+]. The van der Waals surface area contributed by atoms with Crippen molar-refractivity contribution >= 4 is 5.97 Å². The summed E-state index contributed by atoms with van der Waals surface area (Å²) < 4.78 is 5.18. The van der Waals surface area contributed by atoms with Gasteiger partial charge in [0.1, 0.15) is 0 Å². The van der Waals surface area contributed by atoms with E-state index in [2.05, 4.69) is 10.2 Å². The van der Waals surface area contributed by atoms with Crippen molar-refractivity contribution in [2.75, 3.05) is 0 Å². The molecule has 0 saturated carbocycles. The number of carbonyl (C=O) groups is 1. The molecule has 2 rings (SSSR count). The van der Waals surface area contributed by atoms with Crippen molar-refractivity contribution in [2.24, 2.45) is 0 Å². The minimum absolute atomic E-state index is 0. The van der Waals surface area contributed by atoms with Gasteiger partial charge < -0.3 is 14.3 Å². The number of hydrogen-bond acceptors (Lipinski definition) is 5.